The van der Waals surface area contributed by atoms with E-state index in [2.05, 4.69) is 17.6 Å². The zero-order chi connectivity index (χ0) is 18.7. The quantitative estimate of drug-likeness (QED) is 0.493. The number of aromatic amines is 1. The minimum atomic E-state index is -0.607. The van der Waals surface area contributed by atoms with Gasteiger partial charge >= 0.3 is 0 Å². The fraction of sp³-hybridized carbons (Fsp3) is 0.0476. The summed E-state index contributed by atoms with van der Waals surface area (Å²) in [5.41, 5.74) is 2.47. The van der Waals surface area contributed by atoms with Crippen LogP contribution >= 0.6 is 11.6 Å². The number of carbonyl (C=O) groups excluding carboxylic acids is 1. The van der Waals surface area contributed by atoms with Gasteiger partial charge in [0.25, 0.3) is 0 Å². The molecule has 3 nitrogen and oxygen atoms in total. The number of hydrogen-bond donors (Lipinski definition) is 1. The van der Waals surface area contributed by atoms with Crippen LogP contribution in [0, 0.1) is 17.1 Å². The highest BCUT2D eigenvalue weighted by Gasteiger charge is 2.22. The van der Waals surface area contributed by atoms with E-state index in [1.807, 2.05) is 0 Å². The summed E-state index contributed by atoms with van der Waals surface area (Å²) in [5.74, 6) is -1.10. The van der Waals surface area contributed by atoms with Gasteiger partial charge in [-0.25, -0.2) is 4.39 Å². The molecule has 1 N–H and O–H groups in total. The molecule has 26 heavy (non-hydrogen) atoms. The van der Waals surface area contributed by atoms with Crippen molar-refractivity contribution in [2.24, 2.45) is 0 Å². The van der Waals surface area contributed by atoms with E-state index in [0.717, 1.165) is 5.69 Å². The fourth-order valence-corrected chi connectivity index (χ4v) is 3.05. The third-order valence-electron chi connectivity index (χ3n) is 4.04. The highest BCUT2D eigenvalue weighted by atomic mass is 35.5. The van der Waals surface area contributed by atoms with E-state index in [1.165, 1.54) is 24.3 Å². The zero-order valence-corrected chi connectivity index (χ0v) is 14.5. The van der Waals surface area contributed by atoms with Crippen LogP contribution in [0.25, 0.3) is 11.1 Å². The first-order chi connectivity index (χ1) is 12.6. The lowest BCUT2D eigenvalue weighted by atomic mass is 9.91. The maximum atomic E-state index is 14.1. The molecule has 1 aromatic heterocycles. The molecule has 3 aromatic rings. The molecule has 1 heterocycles. The molecule has 0 fully saturated rings. The fourth-order valence-electron chi connectivity index (χ4n) is 2.88. The molecule has 0 aliphatic heterocycles. The Kier molecular flexibility index (Phi) is 5.01. The summed E-state index contributed by atoms with van der Waals surface area (Å²) < 4.78 is 14.1. The molecule has 0 aliphatic rings. The van der Waals surface area contributed by atoms with Gasteiger partial charge in [-0.2, -0.15) is 5.26 Å². The van der Waals surface area contributed by atoms with Crippen molar-refractivity contribution in [2.45, 2.75) is 6.42 Å². The van der Waals surface area contributed by atoms with Crippen molar-refractivity contribution in [1.82, 2.24) is 4.98 Å². The molecular weight excluding hydrogens is 351 g/mol. The molecule has 0 bridgehead atoms. The van der Waals surface area contributed by atoms with Gasteiger partial charge in [0, 0.05) is 34.5 Å². The van der Waals surface area contributed by atoms with Crippen LogP contribution < -0.4 is 0 Å². The molecule has 0 atom stereocenters. The Labute approximate surface area is 155 Å². The number of halogens is 2. The van der Waals surface area contributed by atoms with Crippen molar-refractivity contribution in [3.8, 4) is 17.2 Å². The van der Waals surface area contributed by atoms with E-state index in [-0.39, 0.29) is 11.1 Å². The number of aromatic nitrogens is 1. The Morgan fingerprint density at radius 2 is 2.04 bits per heavy atom. The van der Waals surface area contributed by atoms with Crippen LogP contribution in [0.3, 0.4) is 0 Å². The number of nitriles is 1. The molecule has 0 radical (unpaired) electrons. The van der Waals surface area contributed by atoms with E-state index in [9.17, 15) is 14.4 Å². The van der Waals surface area contributed by atoms with Gasteiger partial charge in [-0.15, -0.1) is 6.58 Å². The van der Waals surface area contributed by atoms with Crippen molar-refractivity contribution in [1.29, 1.82) is 5.26 Å². The molecule has 0 aliphatic carbocycles. The summed E-state index contributed by atoms with van der Waals surface area (Å²) in [6.07, 6.45) is 3.78. The second-order valence-electron chi connectivity index (χ2n) is 5.66. The van der Waals surface area contributed by atoms with Crippen molar-refractivity contribution >= 4 is 17.4 Å². The summed E-state index contributed by atoms with van der Waals surface area (Å²) in [4.78, 5) is 16.0. The number of allylic oxidation sites excluding steroid dienone is 1. The van der Waals surface area contributed by atoms with Gasteiger partial charge in [0.1, 0.15) is 11.9 Å². The average molecular weight is 365 g/mol. The van der Waals surface area contributed by atoms with Crippen LogP contribution in [0.4, 0.5) is 4.39 Å². The number of ketones is 1. The lowest BCUT2D eigenvalue weighted by Crippen LogP contribution is -2.07. The Balaban J connectivity index is 2.25. The van der Waals surface area contributed by atoms with Gasteiger partial charge < -0.3 is 4.98 Å². The number of hydrogen-bond acceptors (Lipinski definition) is 2. The second kappa shape index (κ2) is 7.38. The largest absolute Gasteiger partial charge is 0.363 e. The lowest BCUT2D eigenvalue weighted by Gasteiger charge is -2.11. The highest BCUT2D eigenvalue weighted by molar-refractivity contribution is 6.31. The van der Waals surface area contributed by atoms with Crippen molar-refractivity contribution in [3.63, 3.8) is 0 Å². The van der Waals surface area contributed by atoms with E-state index in [0.29, 0.717) is 28.1 Å². The number of nitrogens with one attached hydrogen (secondary N) is 1. The Hall–Kier alpha value is -3.16. The van der Waals surface area contributed by atoms with Crippen molar-refractivity contribution in [2.75, 3.05) is 0 Å². The standard InChI is InChI=1S/C21H14ClFN2O/c1-2-5-19-20(13(11-24)12-25-19)15-9-8-14(22)10-17(15)21(26)16-6-3-4-7-18(16)23/h2-4,6-10,12,25H,1,5H2. The summed E-state index contributed by atoms with van der Waals surface area (Å²) >= 11 is 6.09. The number of H-pyrrole nitrogens is 1. The van der Waals surface area contributed by atoms with E-state index < -0.39 is 11.6 Å². The normalized spacial score (nSPS) is 10.3. The summed E-state index contributed by atoms with van der Waals surface area (Å²) in [7, 11) is 0. The Bertz CT molecular complexity index is 1050. The first-order valence-electron chi connectivity index (χ1n) is 7.87. The summed E-state index contributed by atoms with van der Waals surface area (Å²) in [6.45, 7) is 3.72. The number of benzene rings is 2. The van der Waals surface area contributed by atoms with Crippen LogP contribution in [0.1, 0.15) is 27.2 Å². The molecular formula is C21H14ClFN2O. The average Bonchev–Trinajstić information content (AvgIpc) is 3.04. The summed E-state index contributed by atoms with van der Waals surface area (Å²) in [5, 5.41) is 9.79. The number of nitrogens with zero attached hydrogens (tertiary/aromatic N) is 1. The predicted octanol–water partition coefficient (Wildman–Crippen LogP) is 5.31. The van der Waals surface area contributed by atoms with E-state index in [4.69, 9.17) is 11.6 Å². The molecule has 3 rings (SSSR count). The minimum Gasteiger partial charge on any atom is -0.363 e. The third kappa shape index (κ3) is 3.17. The monoisotopic (exact) mass is 364 g/mol. The zero-order valence-electron chi connectivity index (χ0n) is 13.7. The maximum absolute atomic E-state index is 14.1. The number of rotatable bonds is 5. The van der Waals surface area contributed by atoms with Crippen LogP contribution in [0.2, 0.25) is 5.02 Å². The molecule has 0 unspecified atom stereocenters. The molecule has 2 aromatic carbocycles. The van der Waals surface area contributed by atoms with Gasteiger partial charge in [-0.1, -0.05) is 35.9 Å². The molecule has 0 saturated carbocycles. The van der Waals surface area contributed by atoms with Crippen molar-refractivity contribution in [3.05, 3.63) is 94.5 Å². The van der Waals surface area contributed by atoms with Crippen LogP contribution in [0.5, 0.6) is 0 Å². The van der Waals surface area contributed by atoms with Crippen LogP contribution in [-0.2, 0) is 6.42 Å². The summed E-state index contributed by atoms with van der Waals surface area (Å²) in [6, 6.07) is 12.7. The van der Waals surface area contributed by atoms with E-state index >= 15 is 0 Å². The topological polar surface area (TPSA) is 56.6 Å². The second-order valence-corrected chi connectivity index (χ2v) is 6.10. The number of carbonyl (C=O) groups is 1. The lowest BCUT2D eigenvalue weighted by molar-refractivity contribution is 0.103. The smallest absolute Gasteiger partial charge is 0.196 e. The van der Waals surface area contributed by atoms with Gasteiger partial charge in [-0.05, 0) is 29.8 Å². The minimum absolute atomic E-state index is 0.0460. The molecule has 0 spiro atoms. The van der Waals surface area contributed by atoms with Gasteiger partial charge in [0.2, 0.25) is 0 Å². The van der Waals surface area contributed by atoms with Gasteiger partial charge in [0.05, 0.1) is 11.1 Å². The van der Waals surface area contributed by atoms with Crippen LogP contribution in [0.15, 0.2) is 61.3 Å². The Morgan fingerprint density at radius 1 is 1.27 bits per heavy atom. The molecule has 5 heteroatoms. The van der Waals surface area contributed by atoms with Gasteiger partial charge in [-0.3, -0.25) is 4.79 Å². The Morgan fingerprint density at radius 3 is 2.73 bits per heavy atom. The predicted molar refractivity (Wildman–Crippen MR) is 99.7 cm³/mol. The first-order valence-corrected chi connectivity index (χ1v) is 8.25. The first kappa shape index (κ1) is 17.7. The van der Waals surface area contributed by atoms with E-state index in [1.54, 1.807) is 30.5 Å². The van der Waals surface area contributed by atoms with Crippen LogP contribution in [-0.4, -0.2) is 10.8 Å². The third-order valence-corrected chi connectivity index (χ3v) is 4.28. The van der Waals surface area contributed by atoms with Gasteiger partial charge in [0.15, 0.2) is 5.78 Å². The molecule has 0 saturated heterocycles. The maximum Gasteiger partial charge on any atom is 0.196 e. The SMILES string of the molecule is C=CCc1[nH]cc(C#N)c1-c1ccc(Cl)cc1C(=O)c1ccccc1F. The molecule has 128 valence electrons. The molecule has 0 amide bonds. The van der Waals surface area contributed by atoms with Crippen molar-refractivity contribution < 1.29 is 9.18 Å². The highest BCUT2D eigenvalue weighted by Crippen LogP contribution is 2.34.